The molecule has 1 aromatic carbocycles. The van der Waals surface area contributed by atoms with Crippen molar-refractivity contribution in [1.29, 1.82) is 0 Å². The Bertz CT molecular complexity index is 888. The van der Waals surface area contributed by atoms with Crippen LogP contribution in [0, 0.1) is 17.8 Å². The standard InChI is InChI=1S/C26H36N2O.C7H14.C2H6/c1-3-19-11-8-12-23(22(19)4-2)24-17-27-18-25(24)26(29)28-15-13-21(14-16-28)20-9-6-5-7-10-20;1-7-5-3-2-4-6-7;1-2/h5-7,9-10,12,21,24-25,27H,3-4,8,11,13-18H2,1-2H3;7H,2-6H2,1H3;1-2H3/t24?,25-;;/m1../s1. The molecule has 1 unspecified atom stereocenters. The Morgan fingerprint density at radius 1 is 0.921 bits per heavy atom. The van der Waals surface area contributed by atoms with Gasteiger partial charge in [0.05, 0.1) is 5.92 Å². The molecule has 1 saturated carbocycles. The van der Waals surface area contributed by atoms with Gasteiger partial charge in [-0.1, -0.05) is 109 Å². The highest BCUT2D eigenvalue weighted by Gasteiger charge is 2.39. The zero-order valence-corrected chi connectivity index (χ0v) is 25.2. The molecule has 5 rings (SSSR count). The summed E-state index contributed by atoms with van der Waals surface area (Å²) in [6, 6.07) is 10.8. The molecule has 1 amide bonds. The molecular formula is C35H56N2O. The van der Waals surface area contributed by atoms with E-state index in [-0.39, 0.29) is 5.92 Å². The number of likely N-dealkylation sites (tertiary alicyclic amines) is 1. The van der Waals surface area contributed by atoms with E-state index < -0.39 is 0 Å². The van der Waals surface area contributed by atoms with Crippen LogP contribution in [0.2, 0.25) is 0 Å². The molecular weight excluding hydrogens is 464 g/mol. The second kappa shape index (κ2) is 16.3. The lowest BCUT2D eigenvalue weighted by Gasteiger charge is -2.36. The van der Waals surface area contributed by atoms with Gasteiger partial charge in [-0.05, 0) is 67.1 Å². The molecule has 212 valence electrons. The van der Waals surface area contributed by atoms with E-state index in [0.717, 1.165) is 64.2 Å². The van der Waals surface area contributed by atoms with Crippen LogP contribution in [0.4, 0.5) is 0 Å². The topological polar surface area (TPSA) is 32.3 Å². The lowest BCUT2D eigenvalue weighted by atomic mass is 9.77. The molecule has 2 aliphatic heterocycles. The third-order valence-electron chi connectivity index (χ3n) is 9.27. The minimum atomic E-state index is 0.104. The van der Waals surface area contributed by atoms with Gasteiger partial charge in [0.2, 0.25) is 5.91 Å². The van der Waals surface area contributed by atoms with Crippen molar-refractivity contribution in [3.05, 3.63) is 58.7 Å². The molecule has 2 aliphatic carbocycles. The fourth-order valence-electron chi connectivity index (χ4n) is 7.06. The summed E-state index contributed by atoms with van der Waals surface area (Å²) in [6.45, 7) is 14.5. The highest BCUT2D eigenvalue weighted by atomic mass is 16.2. The first-order chi connectivity index (χ1) is 18.6. The van der Waals surface area contributed by atoms with E-state index in [0.29, 0.717) is 17.7 Å². The average Bonchev–Trinajstić information content (AvgIpc) is 3.48. The molecule has 0 spiro atoms. The minimum absolute atomic E-state index is 0.104. The van der Waals surface area contributed by atoms with Crippen molar-refractivity contribution >= 4 is 5.91 Å². The Hall–Kier alpha value is -1.87. The second-order valence-corrected chi connectivity index (χ2v) is 11.6. The summed E-state index contributed by atoms with van der Waals surface area (Å²) in [5.41, 5.74) is 6.08. The van der Waals surface area contributed by atoms with Crippen LogP contribution >= 0.6 is 0 Å². The quantitative estimate of drug-likeness (QED) is 0.421. The number of benzene rings is 1. The maximum Gasteiger partial charge on any atom is 0.227 e. The number of nitrogens with zero attached hydrogens (tertiary/aromatic N) is 1. The lowest BCUT2D eigenvalue weighted by molar-refractivity contribution is -0.136. The van der Waals surface area contributed by atoms with Gasteiger partial charge in [-0.15, -0.1) is 0 Å². The SMILES string of the molecule is CC.CC1CCCCC1.CCC1=C(CC)C(C2CNC[C@H]2C(=O)N2CCC(c3ccccc3)CC2)=CCC1. The van der Waals surface area contributed by atoms with Crippen LogP contribution in [-0.4, -0.2) is 37.0 Å². The van der Waals surface area contributed by atoms with Crippen molar-refractivity contribution in [2.75, 3.05) is 26.2 Å². The summed E-state index contributed by atoms with van der Waals surface area (Å²) in [6.07, 6.45) is 16.6. The van der Waals surface area contributed by atoms with Crippen molar-refractivity contribution < 1.29 is 4.79 Å². The number of nitrogens with one attached hydrogen (secondary N) is 1. The largest absolute Gasteiger partial charge is 0.342 e. The van der Waals surface area contributed by atoms with Crippen molar-refractivity contribution in [3.8, 4) is 0 Å². The molecule has 0 bridgehead atoms. The maximum atomic E-state index is 13.5. The van der Waals surface area contributed by atoms with Gasteiger partial charge in [-0.2, -0.15) is 0 Å². The first-order valence-electron chi connectivity index (χ1n) is 16.1. The van der Waals surface area contributed by atoms with Crippen LogP contribution < -0.4 is 5.32 Å². The second-order valence-electron chi connectivity index (χ2n) is 11.6. The van der Waals surface area contributed by atoms with Gasteiger partial charge in [0, 0.05) is 32.1 Å². The van der Waals surface area contributed by atoms with E-state index in [1.807, 2.05) is 13.8 Å². The van der Waals surface area contributed by atoms with E-state index >= 15 is 0 Å². The molecule has 1 N–H and O–H groups in total. The van der Waals surface area contributed by atoms with Gasteiger partial charge in [0.25, 0.3) is 0 Å². The maximum absolute atomic E-state index is 13.5. The fourth-order valence-corrected chi connectivity index (χ4v) is 7.06. The number of amides is 1. The Morgan fingerprint density at radius 2 is 1.61 bits per heavy atom. The smallest absolute Gasteiger partial charge is 0.227 e. The van der Waals surface area contributed by atoms with Crippen molar-refractivity contribution in [3.63, 3.8) is 0 Å². The number of piperidine rings is 1. The molecule has 4 aliphatic rings. The van der Waals surface area contributed by atoms with E-state index in [4.69, 9.17) is 0 Å². The zero-order valence-electron chi connectivity index (χ0n) is 25.2. The van der Waals surface area contributed by atoms with E-state index in [9.17, 15) is 4.79 Å². The Labute approximate surface area is 234 Å². The number of allylic oxidation sites excluding steroid dienone is 3. The van der Waals surface area contributed by atoms with E-state index in [2.05, 4.69) is 67.4 Å². The number of rotatable bonds is 5. The number of hydrogen-bond donors (Lipinski definition) is 1. The highest BCUT2D eigenvalue weighted by molar-refractivity contribution is 5.80. The van der Waals surface area contributed by atoms with E-state index in [1.165, 1.54) is 49.7 Å². The third kappa shape index (κ3) is 8.07. The van der Waals surface area contributed by atoms with Gasteiger partial charge >= 0.3 is 0 Å². The predicted octanol–water partition coefficient (Wildman–Crippen LogP) is 8.68. The van der Waals surface area contributed by atoms with Crippen LogP contribution in [-0.2, 0) is 4.79 Å². The molecule has 2 heterocycles. The van der Waals surface area contributed by atoms with Crippen LogP contribution in [0.1, 0.15) is 117 Å². The molecule has 3 nitrogen and oxygen atoms in total. The lowest BCUT2D eigenvalue weighted by Crippen LogP contribution is -2.43. The number of carbonyl (C=O) groups is 1. The van der Waals surface area contributed by atoms with Gasteiger partial charge in [-0.3, -0.25) is 4.79 Å². The van der Waals surface area contributed by atoms with Crippen LogP contribution in [0.5, 0.6) is 0 Å². The molecule has 0 radical (unpaired) electrons. The van der Waals surface area contributed by atoms with Gasteiger partial charge in [-0.25, -0.2) is 0 Å². The van der Waals surface area contributed by atoms with Gasteiger partial charge in [0.15, 0.2) is 0 Å². The van der Waals surface area contributed by atoms with Crippen LogP contribution in [0.3, 0.4) is 0 Å². The monoisotopic (exact) mass is 520 g/mol. The van der Waals surface area contributed by atoms with Crippen molar-refractivity contribution in [2.24, 2.45) is 17.8 Å². The van der Waals surface area contributed by atoms with Gasteiger partial charge in [0.1, 0.15) is 0 Å². The third-order valence-corrected chi connectivity index (χ3v) is 9.27. The zero-order chi connectivity index (χ0) is 27.3. The molecule has 3 fully saturated rings. The highest BCUT2D eigenvalue weighted by Crippen LogP contribution is 2.39. The van der Waals surface area contributed by atoms with Crippen molar-refractivity contribution in [2.45, 2.75) is 111 Å². The molecule has 1 aromatic rings. The average molecular weight is 521 g/mol. The summed E-state index contributed by atoms with van der Waals surface area (Å²) < 4.78 is 0. The molecule has 38 heavy (non-hydrogen) atoms. The first-order valence-corrected chi connectivity index (χ1v) is 16.1. The molecule has 2 saturated heterocycles. The first kappa shape index (κ1) is 30.7. The Kier molecular flexibility index (Phi) is 13.1. The summed E-state index contributed by atoms with van der Waals surface area (Å²) >= 11 is 0. The normalized spacial score (nSPS) is 24.7. The fraction of sp³-hybridized carbons (Fsp3) is 0.686. The van der Waals surface area contributed by atoms with Crippen molar-refractivity contribution in [1.82, 2.24) is 10.2 Å². The summed E-state index contributed by atoms with van der Waals surface area (Å²) in [5.74, 6) is 2.47. The van der Waals surface area contributed by atoms with E-state index in [1.54, 1.807) is 11.1 Å². The number of hydrogen-bond acceptors (Lipinski definition) is 2. The molecule has 2 atom stereocenters. The Morgan fingerprint density at radius 3 is 2.18 bits per heavy atom. The van der Waals surface area contributed by atoms with Crippen LogP contribution in [0.25, 0.3) is 0 Å². The Balaban J connectivity index is 0.000000381. The summed E-state index contributed by atoms with van der Waals surface area (Å²) in [4.78, 5) is 15.6. The molecule has 3 heteroatoms. The van der Waals surface area contributed by atoms with Crippen LogP contribution in [0.15, 0.2) is 53.1 Å². The summed E-state index contributed by atoms with van der Waals surface area (Å²) in [7, 11) is 0. The molecule has 0 aromatic heterocycles. The summed E-state index contributed by atoms with van der Waals surface area (Å²) in [5, 5.41) is 3.54. The minimum Gasteiger partial charge on any atom is -0.342 e. The number of carbonyl (C=O) groups excluding carboxylic acids is 1. The van der Waals surface area contributed by atoms with Gasteiger partial charge < -0.3 is 10.2 Å². The predicted molar refractivity (Wildman–Crippen MR) is 163 cm³/mol.